The Hall–Kier alpha value is -3.28. The number of nitrogens with one attached hydrogen (secondary N) is 1. The fraction of sp³-hybridized carbons (Fsp3) is 0.238. The lowest BCUT2D eigenvalue weighted by Crippen LogP contribution is -2.28. The predicted molar refractivity (Wildman–Crippen MR) is 98.2 cm³/mol. The normalized spacial score (nSPS) is 17.5. The van der Waals surface area contributed by atoms with Gasteiger partial charge in [0.2, 0.25) is 0 Å². The smallest absolute Gasteiger partial charge is 0.177 e. The van der Waals surface area contributed by atoms with Crippen LogP contribution in [0.5, 0.6) is 0 Å². The van der Waals surface area contributed by atoms with Crippen LogP contribution in [0, 0.1) is 22.7 Å². The van der Waals surface area contributed by atoms with Crippen molar-refractivity contribution in [1.29, 1.82) is 10.5 Å². The van der Waals surface area contributed by atoms with Crippen molar-refractivity contribution >= 4 is 10.8 Å². The number of hydrogen-bond acceptors (Lipinski definition) is 5. The summed E-state index contributed by atoms with van der Waals surface area (Å²) in [6.45, 7) is 2.01. The number of fused-ring (bicyclic) bond motifs is 3. The van der Waals surface area contributed by atoms with E-state index in [0.29, 0.717) is 5.92 Å². The van der Waals surface area contributed by atoms with Crippen LogP contribution >= 0.6 is 0 Å². The van der Waals surface area contributed by atoms with Gasteiger partial charge in [-0.05, 0) is 36.3 Å². The molecule has 2 heterocycles. The molecule has 0 bridgehead atoms. The molecule has 2 aromatic carbocycles. The highest BCUT2D eigenvalue weighted by atomic mass is 14.9. The molecule has 1 aromatic heterocycles. The van der Waals surface area contributed by atoms with Gasteiger partial charge in [-0.2, -0.15) is 10.5 Å². The first kappa shape index (κ1) is 15.0. The molecule has 5 rings (SSSR count). The highest BCUT2D eigenvalue weighted by Gasteiger charge is 2.31. The molecule has 0 radical (unpaired) electrons. The number of nitrogens with zero attached hydrogens (tertiary/aromatic N) is 4. The predicted octanol–water partition coefficient (Wildman–Crippen LogP) is 3.49. The molecule has 5 heteroatoms. The minimum Gasteiger partial charge on any atom is -0.316 e. The summed E-state index contributed by atoms with van der Waals surface area (Å²) in [6, 6.07) is 14.5. The van der Waals surface area contributed by atoms with Gasteiger partial charge in [0.05, 0.1) is 11.4 Å². The molecule has 1 aliphatic heterocycles. The van der Waals surface area contributed by atoms with Gasteiger partial charge in [0, 0.05) is 23.1 Å². The van der Waals surface area contributed by atoms with Gasteiger partial charge < -0.3 is 5.32 Å². The van der Waals surface area contributed by atoms with E-state index >= 15 is 0 Å². The number of benzene rings is 2. The summed E-state index contributed by atoms with van der Waals surface area (Å²) in [5, 5.41) is 24.5. The van der Waals surface area contributed by atoms with Gasteiger partial charge in [0.1, 0.15) is 12.1 Å². The molecule has 1 saturated heterocycles. The maximum atomic E-state index is 9.40. The summed E-state index contributed by atoms with van der Waals surface area (Å²) in [6.07, 6.45) is 2.29. The average Bonchev–Trinajstić information content (AvgIpc) is 3.03. The lowest BCUT2D eigenvalue weighted by Gasteiger charge is -2.25. The van der Waals surface area contributed by atoms with E-state index in [9.17, 15) is 10.5 Å². The van der Waals surface area contributed by atoms with Gasteiger partial charge in [-0.15, -0.1) is 0 Å². The quantitative estimate of drug-likeness (QED) is 0.575. The Balaban J connectivity index is 1.85. The van der Waals surface area contributed by atoms with Gasteiger partial charge in [-0.25, -0.2) is 9.97 Å². The van der Waals surface area contributed by atoms with E-state index in [0.717, 1.165) is 59.2 Å². The second-order valence-corrected chi connectivity index (χ2v) is 6.82. The molecule has 5 nitrogen and oxygen atoms in total. The molecule has 1 unspecified atom stereocenters. The highest BCUT2D eigenvalue weighted by molar-refractivity contribution is 6.14. The van der Waals surface area contributed by atoms with Crippen LogP contribution in [-0.4, -0.2) is 23.1 Å². The molecule has 26 heavy (non-hydrogen) atoms. The van der Waals surface area contributed by atoms with Crippen molar-refractivity contribution in [2.24, 2.45) is 0 Å². The molecule has 1 atom stereocenters. The third-order valence-electron chi connectivity index (χ3n) is 5.41. The number of nitriles is 2. The summed E-state index contributed by atoms with van der Waals surface area (Å²) in [4.78, 5) is 9.08. The van der Waals surface area contributed by atoms with E-state index in [1.165, 1.54) is 5.56 Å². The van der Waals surface area contributed by atoms with Crippen LogP contribution in [0.1, 0.15) is 35.7 Å². The van der Waals surface area contributed by atoms with Crippen LogP contribution < -0.4 is 5.32 Å². The third kappa shape index (κ3) is 1.98. The van der Waals surface area contributed by atoms with Crippen molar-refractivity contribution in [2.45, 2.75) is 18.8 Å². The Labute approximate surface area is 150 Å². The Morgan fingerprint density at radius 1 is 1.00 bits per heavy atom. The number of rotatable bonds is 1. The van der Waals surface area contributed by atoms with E-state index in [1.54, 1.807) is 0 Å². The summed E-state index contributed by atoms with van der Waals surface area (Å²) < 4.78 is 0. The van der Waals surface area contributed by atoms with Crippen LogP contribution in [0.2, 0.25) is 0 Å². The van der Waals surface area contributed by atoms with Gasteiger partial charge in [-0.1, -0.05) is 30.3 Å². The Morgan fingerprint density at radius 3 is 2.54 bits per heavy atom. The Bertz CT molecular complexity index is 1140. The zero-order chi connectivity index (χ0) is 17.7. The van der Waals surface area contributed by atoms with E-state index in [2.05, 4.69) is 33.5 Å². The number of hydrogen-bond donors (Lipinski definition) is 1. The number of aromatic nitrogens is 2. The van der Waals surface area contributed by atoms with Crippen LogP contribution in [0.3, 0.4) is 0 Å². The lowest BCUT2D eigenvalue weighted by atomic mass is 9.86. The van der Waals surface area contributed by atoms with Gasteiger partial charge in [-0.3, -0.25) is 0 Å². The second-order valence-electron chi connectivity index (χ2n) is 6.82. The first-order chi connectivity index (χ1) is 12.8. The highest BCUT2D eigenvalue weighted by Crippen LogP contribution is 2.49. The molecule has 0 saturated carbocycles. The van der Waals surface area contributed by atoms with Gasteiger partial charge in [0.25, 0.3) is 0 Å². The summed E-state index contributed by atoms with van der Waals surface area (Å²) >= 11 is 0. The van der Waals surface area contributed by atoms with Crippen LogP contribution in [0.4, 0.5) is 0 Å². The van der Waals surface area contributed by atoms with Gasteiger partial charge >= 0.3 is 0 Å². The lowest BCUT2D eigenvalue weighted by molar-refractivity contribution is 0.462. The van der Waals surface area contributed by atoms with Crippen molar-refractivity contribution in [3.05, 3.63) is 47.3 Å². The van der Waals surface area contributed by atoms with E-state index in [1.807, 2.05) is 24.3 Å². The van der Waals surface area contributed by atoms with E-state index in [4.69, 9.17) is 0 Å². The summed E-state index contributed by atoms with van der Waals surface area (Å²) in [5.41, 5.74) is 5.02. The zero-order valence-corrected chi connectivity index (χ0v) is 14.1. The first-order valence-electron chi connectivity index (χ1n) is 8.81. The standard InChI is InChI=1S/C21H15N5/c22-9-16-17(10-23)26-21-19-14(13-4-2-8-24-11-13)7-6-12-3-1-5-15(18(12)19)20(21)25-16/h1,3,5-7,13,24H,2,4,8,11H2. The molecule has 124 valence electrons. The summed E-state index contributed by atoms with van der Waals surface area (Å²) in [5.74, 6) is 0.421. The molecule has 0 spiro atoms. The average molecular weight is 337 g/mol. The maximum Gasteiger partial charge on any atom is 0.177 e. The third-order valence-corrected chi connectivity index (χ3v) is 5.41. The molecule has 3 aromatic rings. The fourth-order valence-corrected chi connectivity index (χ4v) is 4.26. The molecule has 1 fully saturated rings. The Morgan fingerprint density at radius 2 is 1.81 bits per heavy atom. The fourth-order valence-electron chi connectivity index (χ4n) is 4.26. The van der Waals surface area contributed by atoms with Crippen LogP contribution in [0.25, 0.3) is 33.3 Å². The van der Waals surface area contributed by atoms with Crippen molar-refractivity contribution in [1.82, 2.24) is 15.3 Å². The molecular formula is C21H15N5. The molecule has 2 aliphatic rings. The van der Waals surface area contributed by atoms with Crippen LogP contribution in [-0.2, 0) is 0 Å². The van der Waals surface area contributed by atoms with Crippen LogP contribution in [0.15, 0.2) is 30.3 Å². The monoisotopic (exact) mass is 337 g/mol. The first-order valence-corrected chi connectivity index (χ1v) is 8.81. The molecule has 1 N–H and O–H groups in total. The van der Waals surface area contributed by atoms with Crippen molar-refractivity contribution in [3.8, 4) is 34.7 Å². The minimum absolute atomic E-state index is 0.0944. The molecule has 0 amide bonds. The number of piperidine rings is 1. The topological polar surface area (TPSA) is 85.4 Å². The molecule has 1 aliphatic carbocycles. The van der Waals surface area contributed by atoms with E-state index in [-0.39, 0.29) is 11.4 Å². The second kappa shape index (κ2) is 5.62. The zero-order valence-electron chi connectivity index (χ0n) is 14.1. The van der Waals surface area contributed by atoms with E-state index < -0.39 is 0 Å². The van der Waals surface area contributed by atoms with Gasteiger partial charge in [0.15, 0.2) is 11.4 Å². The SMILES string of the molecule is N#Cc1nc2c(nc1C#N)-c1c(C3CCCNC3)ccc3cccc-2c13. The Kier molecular flexibility index (Phi) is 3.25. The maximum absolute atomic E-state index is 9.40. The summed E-state index contributed by atoms with van der Waals surface area (Å²) in [7, 11) is 0. The van der Waals surface area contributed by atoms with Crippen molar-refractivity contribution < 1.29 is 0 Å². The largest absolute Gasteiger partial charge is 0.316 e. The van der Waals surface area contributed by atoms with Crippen molar-refractivity contribution in [3.63, 3.8) is 0 Å². The molecular weight excluding hydrogens is 322 g/mol. The minimum atomic E-state index is 0.0944. The van der Waals surface area contributed by atoms with Crippen molar-refractivity contribution in [2.75, 3.05) is 13.1 Å².